The number of ether oxygens (including phenoxy) is 1. The minimum absolute atomic E-state index is 0.0937. The van der Waals surface area contributed by atoms with E-state index in [4.69, 9.17) is 4.74 Å². The second-order valence-electron chi connectivity index (χ2n) is 11.5. The summed E-state index contributed by atoms with van der Waals surface area (Å²) < 4.78 is 5.91. The standard InChI is InChI=1S/C28H37N3O4/c32-25-8-7-24(26(33)30-25)31-17-20-16-18(5-6-22(20)27(31)34)15-19-3-1-2-4-23(19)29-21-9-11-28(12-10-21)13-14-35-28/h5-6,16,19,21,23-24,29H,1-4,7-15,17H2,(H,30,32,33)/t19-,21-,23+,24?,28+/m1/s1. The highest BCUT2D eigenvalue weighted by molar-refractivity contribution is 6.05. The lowest BCUT2D eigenvalue weighted by atomic mass is 9.76. The van der Waals surface area contributed by atoms with Crippen LogP contribution in [0.1, 0.15) is 92.1 Å². The van der Waals surface area contributed by atoms with Crippen LogP contribution in [-0.4, -0.2) is 53.0 Å². The molecule has 0 bridgehead atoms. The molecule has 3 heterocycles. The monoisotopic (exact) mass is 479 g/mol. The van der Waals surface area contributed by atoms with Crippen LogP contribution in [0.2, 0.25) is 0 Å². The van der Waals surface area contributed by atoms with E-state index in [1.54, 1.807) is 4.90 Å². The Kier molecular flexibility index (Phi) is 6.17. The lowest BCUT2D eigenvalue weighted by Gasteiger charge is -2.47. The first-order valence-corrected chi connectivity index (χ1v) is 13.7. The molecule has 3 aliphatic heterocycles. The Balaban J connectivity index is 1.09. The predicted molar refractivity (Wildman–Crippen MR) is 131 cm³/mol. The van der Waals surface area contributed by atoms with Crippen molar-refractivity contribution in [3.63, 3.8) is 0 Å². The first kappa shape index (κ1) is 23.2. The summed E-state index contributed by atoms with van der Waals surface area (Å²) >= 11 is 0. The van der Waals surface area contributed by atoms with E-state index in [1.165, 1.54) is 63.4 Å². The van der Waals surface area contributed by atoms with Gasteiger partial charge in [-0.3, -0.25) is 19.7 Å². The van der Waals surface area contributed by atoms with Crippen molar-refractivity contribution in [1.82, 2.24) is 15.5 Å². The van der Waals surface area contributed by atoms with Gasteiger partial charge < -0.3 is 15.0 Å². The number of benzene rings is 1. The Labute approximate surface area is 207 Å². The molecule has 7 nitrogen and oxygen atoms in total. The first-order chi connectivity index (χ1) is 17.0. The molecule has 6 rings (SSSR count). The third-order valence-corrected chi connectivity index (χ3v) is 9.31. The summed E-state index contributed by atoms with van der Waals surface area (Å²) in [4.78, 5) is 38.5. The molecule has 0 aromatic heterocycles. The van der Waals surface area contributed by atoms with E-state index in [0.29, 0.717) is 36.5 Å². The number of fused-ring (bicyclic) bond motifs is 1. The number of carbonyl (C=O) groups excluding carboxylic acids is 3. The zero-order chi connectivity index (χ0) is 24.0. The fourth-order valence-corrected chi connectivity index (χ4v) is 7.13. The molecular weight excluding hydrogens is 442 g/mol. The Hall–Kier alpha value is -2.25. The number of hydrogen-bond donors (Lipinski definition) is 2. The summed E-state index contributed by atoms with van der Waals surface area (Å²) in [6.07, 6.45) is 12.9. The zero-order valence-corrected chi connectivity index (χ0v) is 20.5. The Morgan fingerprint density at radius 2 is 1.83 bits per heavy atom. The molecule has 1 aromatic rings. The van der Waals surface area contributed by atoms with Gasteiger partial charge in [-0.25, -0.2) is 0 Å². The van der Waals surface area contributed by atoms with Crippen LogP contribution in [-0.2, 0) is 27.3 Å². The molecule has 3 amide bonds. The summed E-state index contributed by atoms with van der Waals surface area (Å²) in [5.74, 6) is -0.0848. The molecule has 0 radical (unpaired) electrons. The summed E-state index contributed by atoms with van der Waals surface area (Å²) in [6, 6.07) is 6.85. The van der Waals surface area contributed by atoms with Crippen molar-refractivity contribution in [1.29, 1.82) is 0 Å². The minimum Gasteiger partial charge on any atom is -0.375 e. The van der Waals surface area contributed by atoms with Crippen LogP contribution >= 0.6 is 0 Å². The predicted octanol–water partition coefficient (Wildman–Crippen LogP) is 3.24. The highest BCUT2D eigenvalue weighted by atomic mass is 16.5. The van der Waals surface area contributed by atoms with Crippen molar-refractivity contribution < 1.29 is 19.1 Å². The molecule has 7 heteroatoms. The van der Waals surface area contributed by atoms with Gasteiger partial charge in [0.15, 0.2) is 0 Å². The van der Waals surface area contributed by atoms with Gasteiger partial charge in [-0.05, 0) is 80.9 Å². The molecule has 2 saturated heterocycles. The van der Waals surface area contributed by atoms with Crippen LogP contribution in [0.4, 0.5) is 0 Å². The molecule has 5 aliphatic rings. The lowest BCUT2D eigenvalue weighted by Crippen LogP contribution is -2.52. The van der Waals surface area contributed by atoms with Crippen molar-refractivity contribution in [2.45, 2.75) is 107 Å². The molecule has 2 saturated carbocycles. The average molecular weight is 480 g/mol. The van der Waals surface area contributed by atoms with Crippen LogP contribution in [0.15, 0.2) is 18.2 Å². The van der Waals surface area contributed by atoms with E-state index in [9.17, 15) is 14.4 Å². The number of rotatable bonds is 5. The number of imide groups is 1. The van der Waals surface area contributed by atoms with Crippen molar-refractivity contribution >= 4 is 17.7 Å². The van der Waals surface area contributed by atoms with E-state index in [-0.39, 0.29) is 29.7 Å². The van der Waals surface area contributed by atoms with E-state index in [2.05, 4.69) is 22.8 Å². The van der Waals surface area contributed by atoms with E-state index < -0.39 is 6.04 Å². The van der Waals surface area contributed by atoms with Crippen molar-refractivity contribution in [2.75, 3.05) is 6.61 Å². The zero-order valence-electron chi connectivity index (χ0n) is 20.5. The molecule has 1 unspecified atom stereocenters. The third-order valence-electron chi connectivity index (χ3n) is 9.31. The summed E-state index contributed by atoms with van der Waals surface area (Å²) in [5.41, 5.74) is 3.21. The van der Waals surface area contributed by atoms with Crippen molar-refractivity contribution in [3.8, 4) is 0 Å². The van der Waals surface area contributed by atoms with E-state index >= 15 is 0 Å². The summed E-state index contributed by atoms with van der Waals surface area (Å²) in [6.45, 7) is 1.40. The van der Waals surface area contributed by atoms with Gasteiger partial charge in [0, 0.05) is 30.6 Å². The normalized spacial score (nSPS) is 35.1. The van der Waals surface area contributed by atoms with Crippen LogP contribution in [0.25, 0.3) is 0 Å². The van der Waals surface area contributed by atoms with Crippen LogP contribution in [0.3, 0.4) is 0 Å². The maximum absolute atomic E-state index is 13.0. The van der Waals surface area contributed by atoms with Gasteiger partial charge in [-0.1, -0.05) is 25.0 Å². The largest absolute Gasteiger partial charge is 0.375 e. The van der Waals surface area contributed by atoms with Crippen LogP contribution in [0, 0.1) is 5.92 Å². The molecule has 35 heavy (non-hydrogen) atoms. The number of amides is 3. The van der Waals surface area contributed by atoms with Crippen molar-refractivity contribution in [3.05, 3.63) is 34.9 Å². The van der Waals surface area contributed by atoms with Gasteiger partial charge in [-0.15, -0.1) is 0 Å². The molecule has 4 fully saturated rings. The summed E-state index contributed by atoms with van der Waals surface area (Å²) in [5, 5.41) is 6.42. The topological polar surface area (TPSA) is 87.7 Å². The fourth-order valence-electron chi connectivity index (χ4n) is 7.13. The van der Waals surface area contributed by atoms with Gasteiger partial charge in [0.2, 0.25) is 11.8 Å². The average Bonchev–Trinajstić information content (AvgIpc) is 3.15. The highest BCUT2D eigenvalue weighted by Crippen LogP contribution is 2.41. The van der Waals surface area contributed by atoms with Crippen LogP contribution < -0.4 is 10.6 Å². The van der Waals surface area contributed by atoms with Gasteiger partial charge in [0.25, 0.3) is 5.91 Å². The van der Waals surface area contributed by atoms with Crippen molar-refractivity contribution in [2.24, 2.45) is 5.92 Å². The van der Waals surface area contributed by atoms with Gasteiger partial charge in [-0.2, -0.15) is 0 Å². The Morgan fingerprint density at radius 1 is 1.03 bits per heavy atom. The van der Waals surface area contributed by atoms with Gasteiger partial charge in [0.1, 0.15) is 6.04 Å². The second-order valence-corrected chi connectivity index (χ2v) is 11.5. The highest BCUT2D eigenvalue weighted by Gasteiger charge is 2.42. The molecular formula is C28H37N3O4. The molecule has 188 valence electrons. The molecule has 1 spiro atoms. The first-order valence-electron chi connectivity index (χ1n) is 13.7. The Bertz CT molecular complexity index is 1010. The van der Waals surface area contributed by atoms with E-state index in [0.717, 1.165) is 18.6 Å². The third kappa shape index (κ3) is 4.53. The summed E-state index contributed by atoms with van der Waals surface area (Å²) in [7, 11) is 0. The maximum Gasteiger partial charge on any atom is 0.255 e. The number of nitrogens with zero attached hydrogens (tertiary/aromatic N) is 1. The fraction of sp³-hybridized carbons (Fsp3) is 0.679. The van der Waals surface area contributed by atoms with E-state index in [1.807, 2.05) is 6.07 Å². The number of hydrogen-bond acceptors (Lipinski definition) is 5. The molecule has 1 aromatic carbocycles. The minimum atomic E-state index is -0.553. The molecule has 2 N–H and O–H groups in total. The Morgan fingerprint density at radius 3 is 2.57 bits per heavy atom. The maximum atomic E-state index is 13.0. The number of carbonyl (C=O) groups is 3. The second kappa shape index (κ2) is 9.32. The van der Waals surface area contributed by atoms with Gasteiger partial charge >= 0.3 is 0 Å². The van der Waals surface area contributed by atoms with Crippen LogP contribution in [0.5, 0.6) is 0 Å². The SMILES string of the molecule is O=C1CCC(N2Cc3cc(C[C@H]4CCCC[C@@H]4N[C@H]4CC[C@]5(CCO5)CC4)ccc3C2=O)C(=O)N1. The number of nitrogens with one attached hydrogen (secondary N) is 2. The molecule has 2 aliphatic carbocycles. The lowest BCUT2D eigenvalue weighted by molar-refractivity contribution is -0.167. The molecule has 3 atom stereocenters. The smallest absolute Gasteiger partial charge is 0.255 e. The number of piperidine rings is 1. The quantitative estimate of drug-likeness (QED) is 0.633. The van der Waals surface area contributed by atoms with Gasteiger partial charge in [0.05, 0.1) is 12.2 Å².